The Morgan fingerprint density at radius 3 is 2.68 bits per heavy atom. The predicted molar refractivity (Wildman–Crippen MR) is 110 cm³/mol. The van der Waals surface area contributed by atoms with E-state index in [1.54, 1.807) is 29.8 Å². The third kappa shape index (κ3) is 2.68. The van der Waals surface area contributed by atoms with Gasteiger partial charge in [-0.15, -0.1) is 0 Å². The summed E-state index contributed by atoms with van der Waals surface area (Å²) in [5, 5.41) is 13.3. The first-order valence-electron chi connectivity index (χ1n) is 8.84. The second-order valence-corrected chi connectivity index (χ2v) is 6.35. The third-order valence-corrected chi connectivity index (χ3v) is 4.61. The zero-order valence-electron chi connectivity index (χ0n) is 15.0. The Labute approximate surface area is 161 Å². The number of fused-ring (bicyclic) bond motifs is 1. The lowest BCUT2D eigenvalue weighted by Crippen LogP contribution is -2.21. The topological polar surface area (TPSA) is 59.2 Å². The van der Waals surface area contributed by atoms with Crippen molar-refractivity contribution in [2.24, 2.45) is 5.10 Å². The van der Waals surface area contributed by atoms with E-state index in [0.29, 0.717) is 0 Å². The van der Waals surface area contributed by atoms with E-state index in [9.17, 15) is 0 Å². The van der Waals surface area contributed by atoms with Gasteiger partial charge in [-0.3, -0.25) is 9.97 Å². The molecule has 0 saturated carbocycles. The number of allylic oxidation sites excluding steroid dienone is 2. The van der Waals surface area contributed by atoms with E-state index < -0.39 is 0 Å². The van der Waals surface area contributed by atoms with Crippen LogP contribution in [0.15, 0.2) is 103 Å². The first-order chi connectivity index (χ1) is 13.8. The van der Waals surface area contributed by atoms with E-state index in [-0.39, 0.29) is 0 Å². The molecule has 4 heterocycles. The number of nitrogens with zero attached hydrogens (tertiary/aromatic N) is 6. The number of hydrogen-bond donors (Lipinski definition) is 0. The van der Waals surface area contributed by atoms with Crippen LogP contribution in [0.5, 0.6) is 0 Å². The van der Waals surface area contributed by atoms with E-state index in [4.69, 9.17) is 5.10 Å². The van der Waals surface area contributed by atoms with Crippen molar-refractivity contribution in [3.05, 3.63) is 104 Å². The van der Waals surface area contributed by atoms with Crippen LogP contribution in [0.1, 0.15) is 5.69 Å². The number of anilines is 1. The van der Waals surface area contributed by atoms with Crippen molar-refractivity contribution in [1.82, 2.24) is 19.7 Å². The predicted octanol–water partition coefficient (Wildman–Crippen LogP) is 4.11. The molecule has 0 bridgehead atoms. The highest BCUT2D eigenvalue weighted by Gasteiger charge is 2.19. The Hall–Kier alpha value is -4.06. The molecule has 134 valence electrons. The second kappa shape index (κ2) is 6.59. The molecule has 0 saturated heterocycles. The molecule has 6 heteroatoms. The average Bonchev–Trinajstić information content (AvgIpc) is 3.24. The molecule has 0 radical (unpaired) electrons. The molecule has 0 spiro atoms. The van der Waals surface area contributed by atoms with Crippen LogP contribution in [-0.2, 0) is 0 Å². The monoisotopic (exact) mass is 364 g/mol. The Kier molecular flexibility index (Phi) is 3.80. The summed E-state index contributed by atoms with van der Waals surface area (Å²) < 4.78 is 1.90. The lowest BCUT2D eigenvalue weighted by Gasteiger charge is -2.21. The zero-order valence-corrected chi connectivity index (χ0v) is 15.0. The number of benzene rings is 1. The molecule has 1 aromatic carbocycles. The van der Waals surface area contributed by atoms with Crippen LogP contribution in [-0.4, -0.2) is 25.5 Å². The van der Waals surface area contributed by atoms with Gasteiger partial charge in [0.2, 0.25) is 0 Å². The van der Waals surface area contributed by atoms with Gasteiger partial charge in [0, 0.05) is 35.6 Å². The number of hydrogen-bond acceptors (Lipinski definition) is 5. The van der Waals surface area contributed by atoms with Crippen molar-refractivity contribution in [2.75, 3.05) is 5.01 Å². The number of pyridine rings is 2. The molecule has 28 heavy (non-hydrogen) atoms. The highest BCUT2D eigenvalue weighted by atomic mass is 15.5. The fraction of sp³-hybridized carbons (Fsp3) is 0. The van der Waals surface area contributed by atoms with E-state index in [1.165, 1.54) is 0 Å². The molecular weight excluding hydrogens is 348 g/mol. The summed E-state index contributed by atoms with van der Waals surface area (Å²) in [5.41, 5.74) is 4.30. The fourth-order valence-electron chi connectivity index (χ4n) is 3.26. The molecule has 0 fully saturated rings. The third-order valence-electron chi connectivity index (χ3n) is 4.61. The Balaban J connectivity index is 1.64. The molecule has 0 amide bonds. The van der Waals surface area contributed by atoms with Crippen molar-refractivity contribution in [3.8, 4) is 5.69 Å². The van der Waals surface area contributed by atoms with Crippen LogP contribution in [0, 0.1) is 0 Å². The van der Waals surface area contributed by atoms with Crippen LogP contribution in [0.3, 0.4) is 0 Å². The van der Waals surface area contributed by atoms with Crippen LogP contribution in [0.25, 0.3) is 16.5 Å². The van der Waals surface area contributed by atoms with Gasteiger partial charge < -0.3 is 0 Å². The maximum atomic E-state index is 4.79. The molecular formula is C22H16N6. The maximum Gasteiger partial charge on any atom is 0.116 e. The standard InChI is InChI=1S/C22H16N6/c1-16-9-13-27(18-5-3-10-23-15-18)26-22(16)21-8-12-25-28(21)20-6-2-4-17-14-24-11-7-19(17)20/h2-15H,1H2. The molecule has 4 aromatic rings. The normalized spacial score (nSPS) is 13.8. The van der Waals surface area contributed by atoms with Crippen molar-refractivity contribution in [2.45, 2.75) is 0 Å². The summed E-state index contributed by atoms with van der Waals surface area (Å²) in [4.78, 5) is 8.39. The highest BCUT2D eigenvalue weighted by molar-refractivity contribution is 6.14. The van der Waals surface area contributed by atoms with Crippen LogP contribution >= 0.6 is 0 Å². The summed E-state index contributed by atoms with van der Waals surface area (Å²) in [6, 6.07) is 13.9. The van der Waals surface area contributed by atoms with Crippen LogP contribution < -0.4 is 5.01 Å². The van der Waals surface area contributed by atoms with Gasteiger partial charge in [0.25, 0.3) is 0 Å². The van der Waals surface area contributed by atoms with Crippen LogP contribution in [0.4, 0.5) is 5.69 Å². The summed E-state index contributed by atoms with van der Waals surface area (Å²) in [6.45, 7) is 4.17. The number of aromatic nitrogens is 4. The lowest BCUT2D eigenvalue weighted by atomic mass is 10.1. The number of hydrazone groups is 1. The minimum Gasteiger partial charge on any atom is -0.264 e. The van der Waals surface area contributed by atoms with Crippen molar-refractivity contribution >= 4 is 22.2 Å². The molecule has 0 N–H and O–H groups in total. The Morgan fingerprint density at radius 1 is 0.857 bits per heavy atom. The van der Waals surface area contributed by atoms with Gasteiger partial charge in [-0.1, -0.05) is 18.7 Å². The summed E-state index contributed by atoms with van der Waals surface area (Å²) in [6.07, 6.45) is 12.8. The van der Waals surface area contributed by atoms with Gasteiger partial charge in [-0.2, -0.15) is 10.2 Å². The maximum absolute atomic E-state index is 4.79. The summed E-state index contributed by atoms with van der Waals surface area (Å²) in [7, 11) is 0. The fourth-order valence-corrected chi connectivity index (χ4v) is 3.26. The average molecular weight is 364 g/mol. The van der Waals surface area contributed by atoms with E-state index in [0.717, 1.165) is 39.1 Å². The first kappa shape index (κ1) is 16.1. The van der Waals surface area contributed by atoms with E-state index in [1.807, 2.05) is 65.6 Å². The Morgan fingerprint density at radius 2 is 1.79 bits per heavy atom. The molecule has 0 unspecified atom stereocenters. The summed E-state index contributed by atoms with van der Waals surface area (Å²) in [5.74, 6) is 0. The van der Waals surface area contributed by atoms with Gasteiger partial charge in [-0.25, -0.2) is 9.69 Å². The zero-order chi connectivity index (χ0) is 18.9. The number of rotatable bonds is 3. The molecule has 0 aliphatic carbocycles. The molecule has 6 nitrogen and oxygen atoms in total. The largest absolute Gasteiger partial charge is 0.264 e. The molecule has 5 rings (SSSR count). The first-order valence-corrected chi connectivity index (χ1v) is 8.84. The van der Waals surface area contributed by atoms with Crippen molar-refractivity contribution < 1.29 is 0 Å². The van der Waals surface area contributed by atoms with Crippen molar-refractivity contribution in [3.63, 3.8) is 0 Å². The smallest absolute Gasteiger partial charge is 0.116 e. The lowest BCUT2D eigenvalue weighted by molar-refractivity contribution is 0.875. The second-order valence-electron chi connectivity index (χ2n) is 6.35. The van der Waals surface area contributed by atoms with Crippen molar-refractivity contribution in [1.29, 1.82) is 0 Å². The van der Waals surface area contributed by atoms with Gasteiger partial charge in [0.15, 0.2) is 0 Å². The highest BCUT2D eigenvalue weighted by Crippen LogP contribution is 2.25. The van der Waals surface area contributed by atoms with Gasteiger partial charge in [0.05, 0.1) is 29.5 Å². The van der Waals surface area contributed by atoms with E-state index in [2.05, 4.69) is 21.6 Å². The van der Waals surface area contributed by atoms with Gasteiger partial charge >= 0.3 is 0 Å². The summed E-state index contributed by atoms with van der Waals surface area (Å²) >= 11 is 0. The minimum atomic E-state index is 0.759. The molecule has 0 atom stereocenters. The quantitative estimate of drug-likeness (QED) is 0.549. The molecule has 3 aromatic heterocycles. The molecule has 1 aliphatic heterocycles. The minimum absolute atomic E-state index is 0.759. The van der Waals surface area contributed by atoms with Gasteiger partial charge in [-0.05, 0) is 42.0 Å². The SMILES string of the molecule is C=C1C=CN(c2cccnc2)N=C1c1ccnn1-c1cccc2cnccc12. The van der Waals surface area contributed by atoms with E-state index >= 15 is 0 Å². The van der Waals surface area contributed by atoms with Gasteiger partial charge in [0.1, 0.15) is 5.71 Å². The van der Waals surface area contributed by atoms with Crippen LogP contribution in [0.2, 0.25) is 0 Å². The molecule has 1 aliphatic rings. The Bertz CT molecular complexity index is 1230.